The molecular formula is C10H9ClFN3O. The van der Waals surface area contributed by atoms with E-state index in [4.69, 9.17) is 16.1 Å². The third-order valence-electron chi connectivity index (χ3n) is 1.96. The molecule has 0 fully saturated rings. The first kappa shape index (κ1) is 10.9. The average molecular weight is 242 g/mol. The van der Waals surface area contributed by atoms with E-state index in [-0.39, 0.29) is 11.6 Å². The van der Waals surface area contributed by atoms with Gasteiger partial charge in [-0.2, -0.15) is 4.98 Å². The number of halogens is 2. The molecule has 2 aromatic rings. The van der Waals surface area contributed by atoms with Gasteiger partial charge in [0.15, 0.2) is 11.6 Å². The minimum absolute atomic E-state index is 0.0780. The molecule has 0 spiro atoms. The molecule has 1 heterocycles. The lowest BCUT2D eigenvalue weighted by Crippen LogP contribution is -2.03. The summed E-state index contributed by atoms with van der Waals surface area (Å²) in [6, 6.07) is 4.74. The molecule has 16 heavy (non-hydrogen) atoms. The highest BCUT2D eigenvalue weighted by molar-refractivity contribution is 6.31. The van der Waals surface area contributed by atoms with Crippen LogP contribution in [0.2, 0.25) is 5.02 Å². The second kappa shape index (κ2) is 4.49. The van der Waals surface area contributed by atoms with E-state index in [1.54, 1.807) is 19.1 Å². The van der Waals surface area contributed by atoms with Crippen molar-refractivity contribution in [3.8, 4) is 0 Å². The van der Waals surface area contributed by atoms with Gasteiger partial charge in [0.2, 0.25) is 5.89 Å². The lowest BCUT2D eigenvalue weighted by atomic mass is 10.3. The Bertz CT molecular complexity index is 501. The van der Waals surface area contributed by atoms with Crippen LogP contribution in [0, 0.1) is 12.7 Å². The fourth-order valence-electron chi connectivity index (χ4n) is 1.23. The van der Waals surface area contributed by atoms with Gasteiger partial charge in [0.1, 0.15) is 0 Å². The molecule has 0 aliphatic rings. The molecule has 6 heteroatoms. The summed E-state index contributed by atoms with van der Waals surface area (Å²) in [4.78, 5) is 3.98. The Kier molecular flexibility index (Phi) is 3.05. The smallest absolute Gasteiger partial charge is 0.223 e. The van der Waals surface area contributed by atoms with Crippen molar-refractivity contribution in [2.75, 3.05) is 5.32 Å². The van der Waals surface area contributed by atoms with Crippen molar-refractivity contribution < 1.29 is 8.91 Å². The minimum atomic E-state index is -0.482. The Morgan fingerprint density at radius 3 is 3.00 bits per heavy atom. The van der Waals surface area contributed by atoms with Gasteiger partial charge >= 0.3 is 0 Å². The van der Waals surface area contributed by atoms with Crippen LogP contribution in [-0.2, 0) is 6.54 Å². The fourth-order valence-corrected chi connectivity index (χ4v) is 1.40. The molecule has 0 amide bonds. The standard InChI is InChI=1S/C10H9ClFN3O/c1-6-14-9(15-16-6)5-13-8-4-2-3-7(11)10(8)12/h2-4,13H,5H2,1H3. The number of aromatic nitrogens is 2. The van der Waals surface area contributed by atoms with E-state index in [2.05, 4.69) is 15.5 Å². The summed E-state index contributed by atoms with van der Waals surface area (Å²) in [5.74, 6) is 0.463. The topological polar surface area (TPSA) is 51.0 Å². The summed E-state index contributed by atoms with van der Waals surface area (Å²) in [5.41, 5.74) is 0.315. The van der Waals surface area contributed by atoms with E-state index >= 15 is 0 Å². The Labute approximate surface area is 96.4 Å². The maximum atomic E-state index is 13.5. The Balaban J connectivity index is 2.07. The molecule has 0 saturated carbocycles. The van der Waals surface area contributed by atoms with E-state index in [1.807, 2.05) is 0 Å². The summed E-state index contributed by atoms with van der Waals surface area (Å²) < 4.78 is 18.2. The molecule has 84 valence electrons. The normalized spacial score (nSPS) is 10.4. The maximum Gasteiger partial charge on any atom is 0.223 e. The first-order chi connectivity index (χ1) is 7.66. The van der Waals surface area contributed by atoms with Gasteiger partial charge in [-0.25, -0.2) is 4.39 Å². The number of hydrogen-bond donors (Lipinski definition) is 1. The number of nitrogens with one attached hydrogen (secondary N) is 1. The van der Waals surface area contributed by atoms with Gasteiger partial charge in [-0.1, -0.05) is 22.8 Å². The predicted octanol–water partition coefficient (Wildman–Crippen LogP) is 2.78. The van der Waals surface area contributed by atoms with E-state index < -0.39 is 5.82 Å². The van der Waals surface area contributed by atoms with Crippen molar-refractivity contribution >= 4 is 17.3 Å². The first-order valence-electron chi connectivity index (χ1n) is 4.64. The van der Waals surface area contributed by atoms with Crippen LogP contribution in [0.1, 0.15) is 11.7 Å². The van der Waals surface area contributed by atoms with Gasteiger partial charge in [-0.15, -0.1) is 0 Å². The van der Waals surface area contributed by atoms with Gasteiger partial charge < -0.3 is 9.84 Å². The van der Waals surface area contributed by atoms with Crippen LogP contribution in [0.4, 0.5) is 10.1 Å². The third-order valence-corrected chi connectivity index (χ3v) is 2.25. The van der Waals surface area contributed by atoms with Crippen molar-refractivity contribution in [1.29, 1.82) is 0 Å². The summed E-state index contributed by atoms with van der Waals surface area (Å²) in [6.07, 6.45) is 0. The zero-order valence-corrected chi connectivity index (χ0v) is 9.25. The number of anilines is 1. The first-order valence-corrected chi connectivity index (χ1v) is 5.01. The van der Waals surface area contributed by atoms with Gasteiger partial charge in [0.25, 0.3) is 0 Å². The number of benzene rings is 1. The third kappa shape index (κ3) is 2.30. The summed E-state index contributed by atoms with van der Waals surface area (Å²) in [7, 11) is 0. The highest BCUT2D eigenvalue weighted by Crippen LogP contribution is 2.22. The molecule has 0 radical (unpaired) electrons. The molecular weight excluding hydrogens is 233 g/mol. The monoisotopic (exact) mass is 241 g/mol. The van der Waals surface area contributed by atoms with Crippen molar-refractivity contribution in [3.05, 3.63) is 40.8 Å². The number of hydrogen-bond acceptors (Lipinski definition) is 4. The molecule has 2 rings (SSSR count). The molecule has 1 aromatic carbocycles. The number of rotatable bonds is 3. The Morgan fingerprint density at radius 2 is 2.31 bits per heavy atom. The zero-order chi connectivity index (χ0) is 11.5. The second-order valence-electron chi connectivity index (χ2n) is 3.18. The van der Waals surface area contributed by atoms with Crippen molar-refractivity contribution in [3.63, 3.8) is 0 Å². The molecule has 0 atom stereocenters. The average Bonchev–Trinajstić information content (AvgIpc) is 2.67. The second-order valence-corrected chi connectivity index (χ2v) is 3.59. The largest absolute Gasteiger partial charge is 0.375 e. The Hall–Kier alpha value is -1.62. The molecule has 0 unspecified atom stereocenters. The van der Waals surface area contributed by atoms with Gasteiger partial charge in [0, 0.05) is 6.92 Å². The van der Waals surface area contributed by atoms with Crippen molar-refractivity contribution in [1.82, 2.24) is 10.1 Å². The van der Waals surface area contributed by atoms with Crippen LogP contribution < -0.4 is 5.32 Å². The molecule has 0 bridgehead atoms. The van der Waals surface area contributed by atoms with Gasteiger partial charge in [-0.05, 0) is 12.1 Å². The number of nitrogens with zero attached hydrogens (tertiary/aromatic N) is 2. The molecule has 0 aliphatic carbocycles. The lowest BCUT2D eigenvalue weighted by Gasteiger charge is -2.05. The van der Waals surface area contributed by atoms with Crippen molar-refractivity contribution in [2.45, 2.75) is 13.5 Å². The van der Waals surface area contributed by atoms with E-state index in [0.29, 0.717) is 17.4 Å². The van der Waals surface area contributed by atoms with Crippen LogP contribution in [-0.4, -0.2) is 10.1 Å². The molecule has 0 saturated heterocycles. The molecule has 1 aromatic heterocycles. The molecule has 1 N–H and O–H groups in total. The fraction of sp³-hybridized carbons (Fsp3) is 0.200. The molecule has 0 aliphatic heterocycles. The highest BCUT2D eigenvalue weighted by Gasteiger charge is 2.07. The predicted molar refractivity (Wildman–Crippen MR) is 57.8 cm³/mol. The minimum Gasteiger partial charge on any atom is -0.375 e. The lowest BCUT2D eigenvalue weighted by molar-refractivity contribution is 0.388. The quantitative estimate of drug-likeness (QED) is 0.898. The summed E-state index contributed by atoms with van der Waals surface area (Å²) in [5, 5.41) is 6.60. The SMILES string of the molecule is Cc1nc(CNc2cccc(Cl)c2F)no1. The van der Waals surface area contributed by atoms with Crippen LogP contribution in [0.5, 0.6) is 0 Å². The summed E-state index contributed by atoms with van der Waals surface area (Å²) in [6.45, 7) is 1.98. The maximum absolute atomic E-state index is 13.5. The van der Waals surface area contributed by atoms with Crippen LogP contribution in [0.15, 0.2) is 22.7 Å². The van der Waals surface area contributed by atoms with Gasteiger partial charge in [0.05, 0.1) is 17.3 Å². The highest BCUT2D eigenvalue weighted by atomic mass is 35.5. The summed E-state index contributed by atoms with van der Waals surface area (Å²) >= 11 is 5.63. The van der Waals surface area contributed by atoms with Crippen LogP contribution >= 0.6 is 11.6 Å². The van der Waals surface area contributed by atoms with Crippen LogP contribution in [0.25, 0.3) is 0 Å². The molecule has 4 nitrogen and oxygen atoms in total. The van der Waals surface area contributed by atoms with E-state index in [9.17, 15) is 4.39 Å². The van der Waals surface area contributed by atoms with Crippen molar-refractivity contribution in [2.24, 2.45) is 0 Å². The Morgan fingerprint density at radius 1 is 1.50 bits per heavy atom. The van der Waals surface area contributed by atoms with Gasteiger partial charge in [-0.3, -0.25) is 0 Å². The van der Waals surface area contributed by atoms with E-state index in [0.717, 1.165) is 0 Å². The number of aryl methyl sites for hydroxylation is 1. The zero-order valence-electron chi connectivity index (χ0n) is 8.50. The van der Waals surface area contributed by atoms with E-state index in [1.165, 1.54) is 6.07 Å². The van der Waals surface area contributed by atoms with Crippen LogP contribution in [0.3, 0.4) is 0 Å².